The average Bonchev–Trinajstić information content (AvgIpc) is 3.14. The van der Waals surface area contributed by atoms with Crippen LogP contribution in [0.3, 0.4) is 0 Å². The van der Waals surface area contributed by atoms with Gasteiger partial charge in [0.15, 0.2) is 0 Å². The van der Waals surface area contributed by atoms with Gasteiger partial charge in [0.25, 0.3) is 0 Å². The van der Waals surface area contributed by atoms with Gasteiger partial charge in [-0.3, -0.25) is 5.01 Å². The van der Waals surface area contributed by atoms with Crippen LogP contribution in [0.1, 0.15) is 43.0 Å². The molecule has 1 aliphatic carbocycles. The SMILES string of the molecule is CCOC(=O)/C=C(\C)N1N=C2c3cc(OC)ccc3CC[C@@H]2[C@@H]1c1ccccc1. The van der Waals surface area contributed by atoms with Gasteiger partial charge in [-0.15, -0.1) is 0 Å². The van der Waals surface area contributed by atoms with Crippen molar-refractivity contribution < 1.29 is 14.3 Å². The van der Waals surface area contributed by atoms with Gasteiger partial charge in [-0.2, -0.15) is 5.10 Å². The van der Waals surface area contributed by atoms with Gasteiger partial charge >= 0.3 is 5.97 Å². The van der Waals surface area contributed by atoms with Crippen molar-refractivity contribution in [2.45, 2.75) is 32.7 Å². The molecule has 5 heteroatoms. The van der Waals surface area contributed by atoms with Crippen LogP contribution in [0.4, 0.5) is 0 Å². The van der Waals surface area contributed by atoms with Gasteiger partial charge in [-0.25, -0.2) is 4.79 Å². The molecular weight excluding hydrogens is 364 g/mol. The summed E-state index contributed by atoms with van der Waals surface area (Å²) in [6.07, 6.45) is 3.55. The first-order chi connectivity index (χ1) is 14.1. The van der Waals surface area contributed by atoms with Gasteiger partial charge in [0.2, 0.25) is 0 Å². The number of carbonyl (C=O) groups excluding carboxylic acids is 1. The zero-order valence-electron chi connectivity index (χ0n) is 17.1. The number of fused-ring (bicyclic) bond motifs is 3. The highest BCUT2D eigenvalue weighted by atomic mass is 16.5. The fraction of sp³-hybridized carbons (Fsp3) is 0.333. The largest absolute Gasteiger partial charge is 0.497 e. The highest BCUT2D eigenvalue weighted by Crippen LogP contribution is 2.45. The minimum absolute atomic E-state index is 0.0521. The van der Waals surface area contributed by atoms with Crippen LogP contribution < -0.4 is 4.74 Å². The molecule has 2 atom stereocenters. The Morgan fingerprint density at radius 3 is 2.76 bits per heavy atom. The van der Waals surface area contributed by atoms with E-state index in [1.165, 1.54) is 17.2 Å². The van der Waals surface area contributed by atoms with Crippen molar-refractivity contribution in [3.05, 3.63) is 77.0 Å². The van der Waals surface area contributed by atoms with Crippen molar-refractivity contribution >= 4 is 11.7 Å². The van der Waals surface area contributed by atoms with Crippen LogP contribution in [0.2, 0.25) is 0 Å². The summed E-state index contributed by atoms with van der Waals surface area (Å²) in [5.74, 6) is 0.747. The Balaban J connectivity index is 1.79. The maximum absolute atomic E-state index is 12.1. The lowest BCUT2D eigenvalue weighted by Crippen LogP contribution is -2.28. The normalized spacial score (nSPS) is 20.6. The molecule has 2 aromatic rings. The molecule has 0 radical (unpaired) electrons. The molecule has 0 bridgehead atoms. The quantitative estimate of drug-likeness (QED) is 0.558. The Labute approximate surface area is 171 Å². The van der Waals surface area contributed by atoms with E-state index in [4.69, 9.17) is 14.6 Å². The number of hydrogen-bond acceptors (Lipinski definition) is 5. The Morgan fingerprint density at radius 2 is 2.03 bits per heavy atom. The van der Waals surface area contributed by atoms with Gasteiger partial charge in [0.05, 0.1) is 25.5 Å². The summed E-state index contributed by atoms with van der Waals surface area (Å²) in [6.45, 7) is 4.08. The molecule has 0 saturated heterocycles. The molecule has 2 aromatic carbocycles. The maximum Gasteiger partial charge on any atom is 0.332 e. The number of hydrazone groups is 1. The number of rotatable bonds is 5. The van der Waals surface area contributed by atoms with Gasteiger partial charge in [-0.05, 0) is 49.9 Å². The van der Waals surface area contributed by atoms with Crippen molar-refractivity contribution in [2.75, 3.05) is 13.7 Å². The third-order valence-corrected chi connectivity index (χ3v) is 5.64. The summed E-state index contributed by atoms with van der Waals surface area (Å²) in [7, 11) is 1.68. The fourth-order valence-electron chi connectivity index (χ4n) is 4.31. The van der Waals surface area contributed by atoms with Gasteiger partial charge in [0.1, 0.15) is 5.75 Å². The lowest BCUT2D eigenvalue weighted by molar-refractivity contribution is -0.137. The smallest absolute Gasteiger partial charge is 0.332 e. The predicted molar refractivity (Wildman–Crippen MR) is 113 cm³/mol. The highest BCUT2D eigenvalue weighted by molar-refractivity contribution is 6.06. The third kappa shape index (κ3) is 3.65. The van der Waals surface area contributed by atoms with E-state index in [0.29, 0.717) is 6.61 Å². The van der Waals surface area contributed by atoms with Crippen LogP contribution in [0.15, 0.2) is 65.4 Å². The molecule has 0 fully saturated rings. The molecule has 0 unspecified atom stereocenters. The van der Waals surface area contributed by atoms with E-state index < -0.39 is 0 Å². The molecule has 0 N–H and O–H groups in total. The first-order valence-electron chi connectivity index (χ1n) is 10.1. The molecule has 150 valence electrons. The number of allylic oxidation sites excluding steroid dienone is 1. The second kappa shape index (κ2) is 8.11. The Morgan fingerprint density at radius 1 is 1.24 bits per heavy atom. The van der Waals surface area contributed by atoms with E-state index in [0.717, 1.165) is 35.6 Å². The summed E-state index contributed by atoms with van der Waals surface area (Å²) in [6, 6.07) is 16.7. The van der Waals surface area contributed by atoms with Crippen LogP contribution in [0, 0.1) is 5.92 Å². The number of esters is 1. The number of carbonyl (C=O) groups is 1. The lowest BCUT2D eigenvalue weighted by atomic mass is 9.77. The predicted octanol–water partition coefficient (Wildman–Crippen LogP) is 4.49. The summed E-state index contributed by atoms with van der Waals surface area (Å²) in [5, 5.41) is 7.00. The second-order valence-corrected chi connectivity index (χ2v) is 7.39. The minimum Gasteiger partial charge on any atom is -0.497 e. The molecule has 29 heavy (non-hydrogen) atoms. The number of benzene rings is 2. The number of nitrogens with zero attached hydrogens (tertiary/aromatic N) is 2. The van der Waals surface area contributed by atoms with Crippen LogP contribution in [-0.4, -0.2) is 30.4 Å². The molecule has 2 aliphatic rings. The zero-order valence-corrected chi connectivity index (χ0v) is 17.1. The average molecular weight is 390 g/mol. The van der Waals surface area contributed by atoms with E-state index in [2.05, 4.69) is 36.4 Å². The first kappa shape index (κ1) is 19.2. The number of methoxy groups -OCH3 is 1. The van der Waals surface area contributed by atoms with E-state index in [-0.39, 0.29) is 17.9 Å². The number of aryl methyl sites for hydroxylation is 1. The molecule has 5 nitrogen and oxygen atoms in total. The van der Waals surface area contributed by atoms with Crippen molar-refractivity contribution in [2.24, 2.45) is 11.0 Å². The zero-order chi connectivity index (χ0) is 20.4. The fourth-order valence-corrected chi connectivity index (χ4v) is 4.31. The monoisotopic (exact) mass is 390 g/mol. The highest BCUT2D eigenvalue weighted by Gasteiger charge is 2.42. The van der Waals surface area contributed by atoms with Crippen molar-refractivity contribution in [3.8, 4) is 5.75 Å². The third-order valence-electron chi connectivity index (χ3n) is 5.64. The van der Waals surface area contributed by atoms with Crippen LogP contribution in [0.5, 0.6) is 5.75 Å². The van der Waals surface area contributed by atoms with E-state index >= 15 is 0 Å². The topological polar surface area (TPSA) is 51.1 Å². The van der Waals surface area contributed by atoms with Gasteiger partial charge < -0.3 is 9.47 Å². The minimum atomic E-state index is -0.339. The second-order valence-electron chi connectivity index (χ2n) is 7.39. The number of hydrogen-bond donors (Lipinski definition) is 0. The summed E-state index contributed by atoms with van der Waals surface area (Å²) >= 11 is 0. The molecule has 0 spiro atoms. The molecule has 0 aromatic heterocycles. The molecule has 0 amide bonds. The lowest BCUT2D eigenvalue weighted by Gasteiger charge is -2.31. The molecule has 4 rings (SSSR count). The van der Waals surface area contributed by atoms with E-state index in [1.807, 2.05) is 31.0 Å². The standard InChI is InChI=1S/C24H26N2O3/c1-4-29-22(27)14-16(2)26-24(18-8-6-5-7-9-18)20-13-11-17-10-12-19(28-3)15-21(17)23(20)25-26/h5-10,12,14-15,20,24H,4,11,13H2,1-3H3/b16-14+/t20-,24-/m0/s1. The van der Waals surface area contributed by atoms with Crippen LogP contribution in [-0.2, 0) is 16.0 Å². The van der Waals surface area contributed by atoms with E-state index in [9.17, 15) is 4.79 Å². The van der Waals surface area contributed by atoms with Crippen LogP contribution >= 0.6 is 0 Å². The van der Waals surface area contributed by atoms with Crippen molar-refractivity contribution in [1.29, 1.82) is 0 Å². The molecule has 1 heterocycles. The van der Waals surface area contributed by atoms with E-state index in [1.54, 1.807) is 7.11 Å². The Kier molecular flexibility index (Phi) is 5.38. The number of ether oxygens (including phenoxy) is 2. The molecule has 0 saturated carbocycles. The van der Waals surface area contributed by atoms with Gasteiger partial charge in [-0.1, -0.05) is 36.4 Å². The Hall–Kier alpha value is -3.08. The summed E-state index contributed by atoms with van der Waals surface area (Å²) in [4.78, 5) is 12.1. The molecular formula is C24H26N2O3. The summed E-state index contributed by atoms with van der Waals surface area (Å²) in [5.41, 5.74) is 5.48. The van der Waals surface area contributed by atoms with Gasteiger partial charge in [0, 0.05) is 23.3 Å². The molecule has 1 aliphatic heterocycles. The summed E-state index contributed by atoms with van der Waals surface area (Å²) < 4.78 is 10.6. The Bertz CT molecular complexity index is 965. The van der Waals surface area contributed by atoms with Crippen LogP contribution in [0.25, 0.3) is 0 Å². The maximum atomic E-state index is 12.1. The van der Waals surface area contributed by atoms with Crippen molar-refractivity contribution in [1.82, 2.24) is 5.01 Å². The van der Waals surface area contributed by atoms with Crippen molar-refractivity contribution in [3.63, 3.8) is 0 Å². The first-order valence-corrected chi connectivity index (χ1v) is 10.1.